The van der Waals surface area contributed by atoms with Gasteiger partial charge in [0, 0.05) is 35.4 Å². The minimum atomic E-state index is -0.524. The van der Waals surface area contributed by atoms with Crippen LogP contribution in [0.1, 0.15) is 18.3 Å². The molecular weight excluding hydrogens is 341 g/mol. The molecule has 5 nitrogen and oxygen atoms in total. The van der Waals surface area contributed by atoms with Crippen LogP contribution in [-0.2, 0) is 13.0 Å². The van der Waals surface area contributed by atoms with Gasteiger partial charge in [-0.25, -0.2) is 15.0 Å². The Morgan fingerprint density at radius 2 is 2.04 bits per heavy atom. The zero-order valence-electron chi connectivity index (χ0n) is 13.5. The number of aromatic nitrogens is 5. The Labute approximate surface area is 148 Å². The summed E-state index contributed by atoms with van der Waals surface area (Å²) in [7, 11) is 0. The summed E-state index contributed by atoms with van der Waals surface area (Å²) in [4.78, 5) is 13.0. The van der Waals surface area contributed by atoms with Crippen LogP contribution in [0, 0.1) is 5.95 Å². The number of hydrogen-bond acceptors (Lipinski definition) is 3. The van der Waals surface area contributed by atoms with Gasteiger partial charge in [0.05, 0.1) is 12.2 Å². The van der Waals surface area contributed by atoms with E-state index < -0.39 is 5.95 Å². The molecule has 0 radical (unpaired) electrons. The highest BCUT2D eigenvalue weighted by Gasteiger charge is 2.14. The van der Waals surface area contributed by atoms with E-state index in [9.17, 15) is 4.39 Å². The zero-order valence-corrected chi connectivity index (χ0v) is 14.3. The maximum absolute atomic E-state index is 13.4. The Bertz CT molecular complexity index is 1050. The van der Waals surface area contributed by atoms with Crippen LogP contribution >= 0.6 is 11.6 Å². The van der Waals surface area contributed by atoms with E-state index in [0.29, 0.717) is 23.1 Å². The first-order chi connectivity index (χ1) is 12.2. The molecule has 4 heterocycles. The van der Waals surface area contributed by atoms with Crippen LogP contribution in [0.4, 0.5) is 4.39 Å². The summed E-state index contributed by atoms with van der Waals surface area (Å²) in [6.45, 7) is 2.61. The Kier molecular flexibility index (Phi) is 3.97. The fourth-order valence-corrected chi connectivity index (χ4v) is 3.14. The lowest BCUT2D eigenvalue weighted by Crippen LogP contribution is -2.05. The lowest BCUT2D eigenvalue weighted by Gasteiger charge is -2.07. The second-order valence-corrected chi connectivity index (χ2v) is 6.09. The molecule has 0 aliphatic carbocycles. The van der Waals surface area contributed by atoms with Gasteiger partial charge in [-0.2, -0.15) is 4.39 Å². The van der Waals surface area contributed by atoms with Crippen LogP contribution in [0.3, 0.4) is 0 Å². The minimum absolute atomic E-state index is 0.495. The van der Waals surface area contributed by atoms with Crippen molar-refractivity contribution in [3.05, 3.63) is 71.3 Å². The summed E-state index contributed by atoms with van der Waals surface area (Å²) in [6.07, 6.45) is 6.29. The number of fused-ring (bicyclic) bond motifs is 1. The molecule has 7 heteroatoms. The molecule has 0 unspecified atom stereocenters. The van der Waals surface area contributed by atoms with Crippen LogP contribution in [0.5, 0.6) is 0 Å². The van der Waals surface area contributed by atoms with Gasteiger partial charge in [-0.1, -0.05) is 24.6 Å². The molecule has 0 atom stereocenters. The molecule has 4 rings (SSSR count). The molecule has 0 N–H and O–H groups in total. The standard InChI is InChI=1S/C18H15ClFN5/c1-2-15-14(23-17-10-12(19)6-8-25(15)17)11-24-9-7-21-18(24)13-4-3-5-16(20)22-13/h3-10H,2,11H2,1H3. The first-order valence-corrected chi connectivity index (χ1v) is 8.33. The highest BCUT2D eigenvalue weighted by atomic mass is 35.5. The van der Waals surface area contributed by atoms with Gasteiger partial charge in [-0.05, 0) is 24.6 Å². The van der Waals surface area contributed by atoms with Crippen molar-refractivity contribution < 1.29 is 4.39 Å². The Morgan fingerprint density at radius 1 is 1.16 bits per heavy atom. The van der Waals surface area contributed by atoms with Crippen molar-refractivity contribution in [1.29, 1.82) is 0 Å². The van der Waals surface area contributed by atoms with Crippen molar-refractivity contribution in [1.82, 2.24) is 23.9 Å². The van der Waals surface area contributed by atoms with Crippen LogP contribution < -0.4 is 0 Å². The molecule has 0 spiro atoms. The van der Waals surface area contributed by atoms with Crippen LogP contribution in [-0.4, -0.2) is 23.9 Å². The van der Waals surface area contributed by atoms with E-state index in [-0.39, 0.29) is 0 Å². The molecule has 4 aromatic heterocycles. The zero-order chi connectivity index (χ0) is 17.4. The summed E-state index contributed by atoms with van der Waals surface area (Å²) in [5.74, 6) is 0.0836. The number of aryl methyl sites for hydroxylation is 1. The van der Waals surface area contributed by atoms with Crippen LogP contribution in [0.15, 0.2) is 48.9 Å². The molecule has 0 aliphatic rings. The van der Waals surface area contributed by atoms with Gasteiger partial charge >= 0.3 is 0 Å². The third kappa shape index (κ3) is 2.89. The predicted molar refractivity (Wildman–Crippen MR) is 94.1 cm³/mol. The van der Waals surface area contributed by atoms with Crippen LogP contribution in [0.25, 0.3) is 17.2 Å². The van der Waals surface area contributed by atoms with Gasteiger partial charge in [0.15, 0.2) is 5.82 Å². The van der Waals surface area contributed by atoms with E-state index in [2.05, 4.69) is 16.9 Å². The monoisotopic (exact) mass is 355 g/mol. The van der Waals surface area contributed by atoms with E-state index in [1.165, 1.54) is 6.07 Å². The van der Waals surface area contributed by atoms with E-state index in [1.807, 2.05) is 33.5 Å². The summed E-state index contributed by atoms with van der Waals surface area (Å²) in [6, 6.07) is 8.37. The minimum Gasteiger partial charge on any atom is -0.324 e. The maximum Gasteiger partial charge on any atom is 0.213 e. The van der Waals surface area contributed by atoms with Gasteiger partial charge in [0.25, 0.3) is 0 Å². The average Bonchev–Trinajstić information content (AvgIpc) is 3.18. The number of hydrogen-bond donors (Lipinski definition) is 0. The molecule has 0 saturated carbocycles. The molecule has 0 aromatic carbocycles. The third-order valence-corrected chi connectivity index (χ3v) is 4.32. The lowest BCUT2D eigenvalue weighted by atomic mass is 10.2. The Morgan fingerprint density at radius 3 is 2.84 bits per heavy atom. The van der Waals surface area contributed by atoms with Crippen molar-refractivity contribution in [3.8, 4) is 11.5 Å². The van der Waals surface area contributed by atoms with E-state index >= 15 is 0 Å². The normalized spacial score (nSPS) is 11.3. The maximum atomic E-state index is 13.4. The number of pyridine rings is 2. The summed E-state index contributed by atoms with van der Waals surface area (Å²) >= 11 is 6.07. The van der Waals surface area contributed by atoms with Gasteiger partial charge in [0.2, 0.25) is 5.95 Å². The summed E-state index contributed by atoms with van der Waals surface area (Å²) in [5, 5.41) is 0.652. The SMILES string of the molecule is CCc1c(Cn2ccnc2-c2cccc(F)n2)nc2cc(Cl)ccn12. The highest BCUT2D eigenvalue weighted by molar-refractivity contribution is 6.30. The molecule has 25 heavy (non-hydrogen) atoms. The van der Waals surface area contributed by atoms with E-state index in [4.69, 9.17) is 16.6 Å². The number of halogens is 2. The average molecular weight is 356 g/mol. The topological polar surface area (TPSA) is 48.0 Å². The molecule has 0 amide bonds. The Hall–Kier alpha value is -2.73. The van der Waals surface area contributed by atoms with Gasteiger partial charge in [-0.3, -0.25) is 0 Å². The fraction of sp³-hybridized carbons (Fsp3) is 0.167. The highest BCUT2D eigenvalue weighted by Crippen LogP contribution is 2.21. The summed E-state index contributed by atoms with van der Waals surface area (Å²) < 4.78 is 17.4. The predicted octanol–water partition coefficient (Wildman–Crippen LogP) is 4.00. The Balaban J connectivity index is 1.77. The second-order valence-electron chi connectivity index (χ2n) is 5.66. The van der Waals surface area contributed by atoms with Crippen molar-refractivity contribution in [2.45, 2.75) is 19.9 Å². The number of imidazole rings is 2. The largest absolute Gasteiger partial charge is 0.324 e. The number of nitrogens with zero attached hydrogens (tertiary/aromatic N) is 5. The van der Waals surface area contributed by atoms with Gasteiger partial charge in [0.1, 0.15) is 11.3 Å². The molecule has 0 aliphatic heterocycles. The number of rotatable bonds is 4. The van der Waals surface area contributed by atoms with Crippen molar-refractivity contribution >= 4 is 17.2 Å². The first kappa shape index (κ1) is 15.8. The molecule has 0 fully saturated rings. The fourth-order valence-electron chi connectivity index (χ4n) is 2.98. The second kappa shape index (κ2) is 6.29. The van der Waals surface area contributed by atoms with Crippen molar-refractivity contribution in [2.24, 2.45) is 0 Å². The summed E-state index contributed by atoms with van der Waals surface area (Å²) in [5.41, 5.74) is 3.35. The van der Waals surface area contributed by atoms with Crippen LogP contribution in [0.2, 0.25) is 5.02 Å². The molecular formula is C18H15ClFN5. The smallest absolute Gasteiger partial charge is 0.213 e. The third-order valence-electron chi connectivity index (χ3n) is 4.08. The molecule has 4 aromatic rings. The quantitative estimate of drug-likeness (QED) is 0.520. The molecule has 126 valence electrons. The van der Waals surface area contributed by atoms with Crippen molar-refractivity contribution in [3.63, 3.8) is 0 Å². The van der Waals surface area contributed by atoms with Gasteiger partial charge in [-0.15, -0.1) is 0 Å². The van der Waals surface area contributed by atoms with E-state index in [1.54, 1.807) is 18.3 Å². The molecule has 0 bridgehead atoms. The van der Waals surface area contributed by atoms with Gasteiger partial charge < -0.3 is 8.97 Å². The molecule has 0 saturated heterocycles. The van der Waals surface area contributed by atoms with E-state index in [0.717, 1.165) is 23.5 Å². The lowest BCUT2D eigenvalue weighted by molar-refractivity contribution is 0.584. The first-order valence-electron chi connectivity index (χ1n) is 7.95. The van der Waals surface area contributed by atoms with Crippen molar-refractivity contribution in [2.75, 3.05) is 0 Å².